The molecule has 174 valence electrons. The summed E-state index contributed by atoms with van der Waals surface area (Å²) in [5.74, 6) is -0.455. The first kappa shape index (κ1) is 24.1. The number of ether oxygens (including phenoxy) is 2. The quantitative estimate of drug-likeness (QED) is 0.510. The van der Waals surface area contributed by atoms with Crippen molar-refractivity contribution in [2.75, 3.05) is 25.1 Å². The molecule has 0 heterocycles. The lowest BCUT2D eigenvalue weighted by Crippen LogP contribution is -2.41. The lowest BCUT2D eigenvalue weighted by Gasteiger charge is -2.25. The fraction of sp³-hybridized carbons (Fsp3) is 0.208. The van der Waals surface area contributed by atoms with E-state index in [4.69, 9.17) is 9.47 Å². The van der Waals surface area contributed by atoms with E-state index in [9.17, 15) is 17.6 Å². The molecule has 9 heteroatoms. The standard InChI is InChI=1S/C24H25FN2O5S/c1-17(18-7-5-4-6-8-18)26-24(28)16-27(20-11-9-19(25)10-12-20)33(29,30)21-13-14-22(31-2)23(15-21)32-3/h4-15,17H,16H2,1-3H3,(H,26,28). The van der Waals surface area contributed by atoms with Gasteiger partial charge in [0.05, 0.1) is 30.8 Å². The van der Waals surface area contributed by atoms with E-state index in [0.29, 0.717) is 5.75 Å². The third kappa shape index (κ3) is 5.61. The van der Waals surface area contributed by atoms with Gasteiger partial charge in [0.15, 0.2) is 11.5 Å². The monoisotopic (exact) mass is 472 g/mol. The third-order valence-electron chi connectivity index (χ3n) is 5.02. The molecule has 3 aromatic carbocycles. The summed E-state index contributed by atoms with van der Waals surface area (Å²) in [4.78, 5) is 12.7. The van der Waals surface area contributed by atoms with Gasteiger partial charge < -0.3 is 14.8 Å². The summed E-state index contributed by atoms with van der Waals surface area (Å²) < 4.78 is 51.9. The number of nitrogens with one attached hydrogen (secondary N) is 1. The van der Waals surface area contributed by atoms with Gasteiger partial charge in [-0.3, -0.25) is 9.10 Å². The smallest absolute Gasteiger partial charge is 0.264 e. The van der Waals surface area contributed by atoms with E-state index in [1.165, 1.54) is 44.6 Å². The molecule has 1 unspecified atom stereocenters. The molecule has 0 aliphatic carbocycles. The Balaban J connectivity index is 1.94. The Kier molecular flexibility index (Phi) is 7.55. The Morgan fingerprint density at radius 1 is 0.970 bits per heavy atom. The van der Waals surface area contributed by atoms with E-state index in [2.05, 4.69) is 5.32 Å². The van der Waals surface area contributed by atoms with Crippen molar-refractivity contribution in [3.05, 3.63) is 84.2 Å². The zero-order chi connectivity index (χ0) is 24.0. The fourth-order valence-corrected chi connectivity index (χ4v) is 4.71. The number of amides is 1. The molecule has 33 heavy (non-hydrogen) atoms. The Hall–Kier alpha value is -3.59. The van der Waals surface area contributed by atoms with Crippen molar-refractivity contribution in [3.8, 4) is 11.5 Å². The van der Waals surface area contributed by atoms with Crippen LogP contribution in [0.5, 0.6) is 11.5 Å². The van der Waals surface area contributed by atoms with Crippen molar-refractivity contribution in [1.82, 2.24) is 5.32 Å². The molecule has 1 atom stereocenters. The number of rotatable bonds is 9. The number of hydrogen-bond acceptors (Lipinski definition) is 5. The lowest BCUT2D eigenvalue weighted by molar-refractivity contribution is -0.120. The summed E-state index contributed by atoms with van der Waals surface area (Å²) in [6, 6.07) is 18.0. The second kappa shape index (κ2) is 10.4. The SMILES string of the molecule is COc1ccc(S(=O)(=O)N(CC(=O)NC(C)c2ccccc2)c2ccc(F)cc2)cc1OC. The van der Waals surface area contributed by atoms with Gasteiger partial charge in [0.2, 0.25) is 5.91 Å². The molecule has 0 saturated heterocycles. The predicted octanol–water partition coefficient (Wildman–Crippen LogP) is 3.92. The van der Waals surface area contributed by atoms with E-state index in [1.54, 1.807) is 6.92 Å². The molecular weight excluding hydrogens is 447 g/mol. The molecule has 0 radical (unpaired) electrons. The van der Waals surface area contributed by atoms with Crippen LogP contribution in [0.4, 0.5) is 10.1 Å². The Morgan fingerprint density at radius 3 is 2.21 bits per heavy atom. The van der Waals surface area contributed by atoms with Gasteiger partial charge >= 0.3 is 0 Å². The highest BCUT2D eigenvalue weighted by Crippen LogP contribution is 2.32. The zero-order valence-electron chi connectivity index (χ0n) is 18.5. The Bertz CT molecular complexity index is 1200. The van der Waals surface area contributed by atoms with Crippen LogP contribution in [0.25, 0.3) is 0 Å². The second-order valence-corrected chi connectivity index (χ2v) is 9.07. The summed E-state index contributed by atoms with van der Waals surface area (Å²) in [6.07, 6.45) is 0. The number of methoxy groups -OCH3 is 2. The number of nitrogens with zero attached hydrogens (tertiary/aromatic N) is 1. The maximum atomic E-state index is 13.5. The van der Waals surface area contributed by atoms with Crippen molar-refractivity contribution in [2.24, 2.45) is 0 Å². The average Bonchev–Trinajstić information content (AvgIpc) is 2.83. The largest absolute Gasteiger partial charge is 0.493 e. The maximum Gasteiger partial charge on any atom is 0.264 e. The molecule has 3 rings (SSSR count). The summed E-state index contributed by atoms with van der Waals surface area (Å²) in [5.41, 5.74) is 1.02. The normalized spacial score (nSPS) is 12.0. The minimum absolute atomic E-state index is 0.103. The Morgan fingerprint density at radius 2 is 1.61 bits per heavy atom. The van der Waals surface area contributed by atoms with E-state index >= 15 is 0 Å². The van der Waals surface area contributed by atoms with E-state index < -0.39 is 28.3 Å². The van der Waals surface area contributed by atoms with Crippen LogP contribution in [0.15, 0.2) is 77.7 Å². The molecule has 0 bridgehead atoms. The average molecular weight is 473 g/mol. The van der Waals surface area contributed by atoms with Crippen molar-refractivity contribution in [1.29, 1.82) is 0 Å². The zero-order valence-corrected chi connectivity index (χ0v) is 19.3. The van der Waals surface area contributed by atoms with Crippen molar-refractivity contribution < 1.29 is 27.1 Å². The molecular formula is C24H25FN2O5S. The van der Waals surface area contributed by atoms with Crippen LogP contribution in [-0.2, 0) is 14.8 Å². The van der Waals surface area contributed by atoms with Gasteiger partial charge in [-0.2, -0.15) is 0 Å². The summed E-state index contributed by atoms with van der Waals surface area (Å²) in [7, 11) is -1.37. The topological polar surface area (TPSA) is 84.9 Å². The van der Waals surface area contributed by atoms with Crippen LogP contribution in [0.1, 0.15) is 18.5 Å². The highest BCUT2D eigenvalue weighted by molar-refractivity contribution is 7.92. The third-order valence-corrected chi connectivity index (χ3v) is 6.79. The first-order valence-electron chi connectivity index (χ1n) is 10.1. The van der Waals surface area contributed by atoms with Gasteiger partial charge in [-0.05, 0) is 48.9 Å². The van der Waals surface area contributed by atoms with Crippen molar-refractivity contribution in [2.45, 2.75) is 17.9 Å². The second-order valence-electron chi connectivity index (χ2n) is 7.20. The molecule has 7 nitrogen and oxygen atoms in total. The van der Waals surface area contributed by atoms with Gasteiger partial charge in [-0.25, -0.2) is 12.8 Å². The van der Waals surface area contributed by atoms with Crippen LogP contribution in [-0.4, -0.2) is 35.1 Å². The number of halogens is 1. The van der Waals surface area contributed by atoms with Gasteiger partial charge in [-0.15, -0.1) is 0 Å². The van der Waals surface area contributed by atoms with E-state index in [0.717, 1.165) is 22.0 Å². The van der Waals surface area contributed by atoms with Crippen LogP contribution >= 0.6 is 0 Å². The summed E-state index contributed by atoms with van der Waals surface area (Å²) in [6.45, 7) is 1.30. The first-order valence-corrected chi connectivity index (χ1v) is 11.5. The van der Waals surface area contributed by atoms with E-state index in [-0.39, 0.29) is 22.4 Å². The van der Waals surface area contributed by atoms with Crippen molar-refractivity contribution >= 4 is 21.6 Å². The molecule has 0 spiro atoms. The Labute approximate surface area is 192 Å². The van der Waals surface area contributed by atoms with Gasteiger partial charge in [0.1, 0.15) is 12.4 Å². The number of hydrogen-bond donors (Lipinski definition) is 1. The number of anilines is 1. The minimum atomic E-state index is -4.21. The van der Waals surface area contributed by atoms with E-state index in [1.807, 2.05) is 30.3 Å². The lowest BCUT2D eigenvalue weighted by atomic mass is 10.1. The first-order chi connectivity index (χ1) is 15.8. The molecule has 0 aliphatic rings. The molecule has 0 aromatic heterocycles. The van der Waals surface area contributed by atoms with Gasteiger partial charge in [-0.1, -0.05) is 30.3 Å². The molecule has 0 aliphatic heterocycles. The summed E-state index contributed by atoms with van der Waals surface area (Å²) >= 11 is 0. The molecule has 1 N–H and O–H groups in total. The summed E-state index contributed by atoms with van der Waals surface area (Å²) in [5, 5.41) is 2.81. The molecule has 0 fully saturated rings. The number of sulfonamides is 1. The molecule has 3 aromatic rings. The van der Waals surface area contributed by atoms with Crippen LogP contribution in [0.2, 0.25) is 0 Å². The number of benzene rings is 3. The highest BCUT2D eigenvalue weighted by atomic mass is 32.2. The van der Waals surface area contributed by atoms with Crippen molar-refractivity contribution in [3.63, 3.8) is 0 Å². The minimum Gasteiger partial charge on any atom is -0.493 e. The van der Waals surface area contributed by atoms with Crippen LogP contribution < -0.4 is 19.1 Å². The molecule has 0 saturated carbocycles. The fourth-order valence-electron chi connectivity index (χ4n) is 3.27. The predicted molar refractivity (Wildman–Crippen MR) is 123 cm³/mol. The van der Waals surface area contributed by atoms with Gasteiger partial charge in [0.25, 0.3) is 10.0 Å². The maximum absolute atomic E-state index is 13.5. The van der Waals surface area contributed by atoms with Gasteiger partial charge in [0, 0.05) is 6.07 Å². The number of carbonyl (C=O) groups is 1. The van der Waals surface area contributed by atoms with Crippen LogP contribution in [0, 0.1) is 5.82 Å². The number of carbonyl (C=O) groups excluding carboxylic acids is 1. The molecule has 1 amide bonds. The van der Waals surface area contributed by atoms with Crippen LogP contribution in [0.3, 0.4) is 0 Å². The highest BCUT2D eigenvalue weighted by Gasteiger charge is 2.29.